The number of carbonyl (C=O) groups excluding carboxylic acids is 2. The normalized spacial score (nSPS) is 22.6. The van der Waals surface area contributed by atoms with Crippen LogP contribution in [0, 0.1) is 0 Å². The number of carbonyl (C=O) groups is 2. The van der Waals surface area contributed by atoms with Gasteiger partial charge in [-0.25, -0.2) is 4.79 Å². The summed E-state index contributed by atoms with van der Waals surface area (Å²) in [6.45, 7) is 3.91. The lowest BCUT2D eigenvalue weighted by atomic mass is 9.97. The zero-order chi connectivity index (χ0) is 14.7. The molecule has 20 heavy (non-hydrogen) atoms. The van der Waals surface area contributed by atoms with Crippen LogP contribution in [0.15, 0.2) is 18.3 Å². The third-order valence-corrected chi connectivity index (χ3v) is 3.96. The molecule has 0 aliphatic carbocycles. The highest BCUT2D eigenvalue weighted by Crippen LogP contribution is 2.22. The first-order valence-corrected chi connectivity index (χ1v) is 7.10. The number of ether oxygens (including phenoxy) is 1. The van der Waals surface area contributed by atoms with Crippen LogP contribution in [0.2, 0.25) is 0 Å². The summed E-state index contributed by atoms with van der Waals surface area (Å²) in [4.78, 5) is 25.9. The molecule has 1 saturated heterocycles. The lowest BCUT2D eigenvalue weighted by Crippen LogP contribution is -2.49. The van der Waals surface area contributed by atoms with Gasteiger partial charge in [0.2, 0.25) is 0 Å². The Bertz CT molecular complexity index is 485. The molecule has 0 N–H and O–H groups in total. The molecule has 1 amide bonds. The van der Waals surface area contributed by atoms with E-state index in [0.29, 0.717) is 5.69 Å². The van der Waals surface area contributed by atoms with Crippen molar-refractivity contribution in [1.29, 1.82) is 0 Å². The van der Waals surface area contributed by atoms with E-state index in [1.807, 2.05) is 18.7 Å². The van der Waals surface area contributed by atoms with E-state index < -0.39 is 5.97 Å². The van der Waals surface area contributed by atoms with Crippen LogP contribution in [-0.4, -0.2) is 40.0 Å². The molecule has 5 heteroatoms. The maximum absolute atomic E-state index is 12.2. The molecule has 2 heterocycles. The van der Waals surface area contributed by atoms with Crippen LogP contribution >= 0.6 is 0 Å². The number of aryl methyl sites for hydroxylation is 1. The predicted molar refractivity (Wildman–Crippen MR) is 75.3 cm³/mol. The van der Waals surface area contributed by atoms with E-state index in [9.17, 15) is 9.59 Å². The van der Waals surface area contributed by atoms with E-state index in [0.717, 1.165) is 19.3 Å². The second kappa shape index (κ2) is 6.11. The molecular weight excluding hydrogens is 256 g/mol. The minimum Gasteiger partial charge on any atom is -0.451 e. The second-order valence-electron chi connectivity index (χ2n) is 5.51. The molecule has 5 nitrogen and oxygen atoms in total. The van der Waals surface area contributed by atoms with E-state index in [-0.39, 0.29) is 24.6 Å². The number of piperidine rings is 1. The molecule has 110 valence electrons. The van der Waals surface area contributed by atoms with Crippen molar-refractivity contribution in [3.05, 3.63) is 24.0 Å². The first kappa shape index (κ1) is 14.6. The SMILES string of the molecule is CC1CCCC(C)N1C(=O)COC(=O)c1cccn1C. The maximum atomic E-state index is 12.2. The Labute approximate surface area is 119 Å². The van der Waals surface area contributed by atoms with Crippen LogP contribution in [-0.2, 0) is 16.6 Å². The Hall–Kier alpha value is -1.78. The minimum atomic E-state index is -0.455. The zero-order valence-corrected chi connectivity index (χ0v) is 12.3. The van der Waals surface area contributed by atoms with Crippen LogP contribution in [0.25, 0.3) is 0 Å². The van der Waals surface area contributed by atoms with Crippen LogP contribution in [0.3, 0.4) is 0 Å². The lowest BCUT2D eigenvalue weighted by Gasteiger charge is -2.38. The quantitative estimate of drug-likeness (QED) is 0.794. The van der Waals surface area contributed by atoms with E-state index in [1.165, 1.54) is 0 Å². The van der Waals surface area contributed by atoms with Crippen molar-refractivity contribution in [2.75, 3.05) is 6.61 Å². The fourth-order valence-corrected chi connectivity index (χ4v) is 2.86. The average Bonchev–Trinajstić information content (AvgIpc) is 2.82. The number of amides is 1. The number of esters is 1. The maximum Gasteiger partial charge on any atom is 0.355 e. The van der Waals surface area contributed by atoms with Crippen molar-refractivity contribution in [2.45, 2.75) is 45.2 Å². The molecule has 2 rings (SSSR count). The molecule has 1 aliphatic heterocycles. The molecule has 2 atom stereocenters. The molecular formula is C15H22N2O3. The van der Waals surface area contributed by atoms with E-state index >= 15 is 0 Å². The van der Waals surface area contributed by atoms with Gasteiger partial charge in [0.05, 0.1) is 0 Å². The van der Waals surface area contributed by atoms with Gasteiger partial charge in [-0.15, -0.1) is 0 Å². The van der Waals surface area contributed by atoms with Crippen LogP contribution in [0.4, 0.5) is 0 Å². The molecule has 0 saturated carbocycles. The predicted octanol–water partition coefficient (Wildman–Crippen LogP) is 1.97. The van der Waals surface area contributed by atoms with E-state index in [2.05, 4.69) is 0 Å². The third kappa shape index (κ3) is 3.03. The molecule has 0 spiro atoms. The van der Waals surface area contributed by atoms with Crippen LogP contribution in [0.1, 0.15) is 43.6 Å². The van der Waals surface area contributed by atoms with Gasteiger partial charge in [-0.3, -0.25) is 4.79 Å². The number of aromatic nitrogens is 1. The molecule has 1 aromatic rings. The van der Waals surface area contributed by atoms with Gasteiger partial charge < -0.3 is 14.2 Å². The summed E-state index contributed by atoms with van der Waals surface area (Å²) in [5.41, 5.74) is 0.456. The lowest BCUT2D eigenvalue weighted by molar-refractivity contribution is -0.140. The summed E-state index contributed by atoms with van der Waals surface area (Å²) in [6.07, 6.45) is 4.95. The second-order valence-corrected chi connectivity index (χ2v) is 5.51. The third-order valence-electron chi connectivity index (χ3n) is 3.96. The van der Waals surface area contributed by atoms with Crippen LogP contribution in [0.5, 0.6) is 0 Å². The first-order valence-electron chi connectivity index (χ1n) is 7.10. The number of nitrogens with zero attached hydrogens (tertiary/aromatic N) is 2. The summed E-state index contributed by atoms with van der Waals surface area (Å²) in [6, 6.07) is 3.89. The topological polar surface area (TPSA) is 51.5 Å². The van der Waals surface area contributed by atoms with Gasteiger partial charge in [-0.2, -0.15) is 0 Å². The smallest absolute Gasteiger partial charge is 0.355 e. The molecule has 1 aliphatic rings. The molecule has 0 aromatic carbocycles. The van der Waals surface area contributed by atoms with E-state index in [4.69, 9.17) is 4.74 Å². The molecule has 0 bridgehead atoms. The molecule has 1 aromatic heterocycles. The van der Waals surface area contributed by atoms with Crippen molar-refractivity contribution < 1.29 is 14.3 Å². The van der Waals surface area contributed by atoms with Gasteiger partial charge in [0.1, 0.15) is 5.69 Å². The van der Waals surface area contributed by atoms with Gasteiger partial charge in [0.15, 0.2) is 6.61 Å². The Kier molecular flexibility index (Phi) is 4.47. The highest BCUT2D eigenvalue weighted by atomic mass is 16.5. The molecule has 1 fully saturated rings. The van der Waals surface area contributed by atoms with Gasteiger partial charge in [-0.05, 0) is 45.2 Å². The zero-order valence-electron chi connectivity index (χ0n) is 12.3. The van der Waals surface area contributed by atoms with Crippen molar-refractivity contribution in [2.24, 2.45) is 7.05 Å². The average molecular weight is 278 g/mol. The number of rotatable bonds is 3. The van der Waals surface area contributed by atoms with E-state index in [1.54, 1.807) is 29.9 Å². The Balaban J connectivity index is 1.92. The molecule has 0 radical (unpaired) electrons. The van der Waals surface area contributed by atoms with Gasteiger partial charge in [-0.1, -0.05) is 0 Å². The minimum absolute atomic E-state index is 0.104. The fraction of sp³-hybridized carbons (Fsp3) is 0.600. The summed E-state index contributed by atoms with van der Waals surface area (Å²) in [5.74, 6) is -0.560. The number of hydrogen-bond donors (Lipinski definition) is 0. The number of likely N-dealkylation sites (tertiary alicyclic amines) is 1. The van der Waals surface area contributed by atoms with Crippen LogP contribution < -0.4 is 0 Å². The summed E-state index contributed by atoms with van der Waals surface area (Å²) in [7, 11) is 1.77. The Morgan fingerprint density at radius 3 is 2.50 bits per heavy atom. The molecule has 2 unspecified atom stereocenters. The highest BCUT2D eigenvalue weighted by Gasteiger charge is 2.29. The Morgan fingerprint density at radius 2 is 1.95 bits per heavy atom. The van der Waals surface area contributed by atoms with Crippen molar-refractivity contribution >= 4 is 11.9 Å². The summed E-state index contributed by atoms with van der Waals surface area (Å²) in [5, 5.41) is 0. The van der Waals surface area contributed by atoms with Crippen molar-refractivity contribution in [1.82, 2.24) is 9.47 Å². The van der Waals surface area contributed by atoms with Gasteiger partial charge in [0.25, 0.3) is 5.91 Å². The van der Waals surface area contributed by atoms with Crippen molar-refractivity contribution in [3.63, 3.8) is 0 Å². The van der Waals surface area contributed by atoms with Gasteiger partial charge >= 0.3 is 5.97 Å². The largest absolute Gasteiger partial charge is 0.451 e. The highest BCUT2D eigenvalue weighted by molar-refractivity contribution is 5.90. The standard InChI is InChI=1S/C15H22N2O3/c1-11-6-4-7-12(2)17(11)14(18)10-20-15(19)13-8-5-9-16(13)3/h5,8-9,11-12H,4,6-7,10H2,1-3H3. The Morgan fingerprint density at radius 1 is 1.30 bits per heavy atom. The number of hydrogen-bond acceptors (Lipinski definition) is 3. The van der Waals surface area contributed by atoms with Gasteiger partial charge in [0, 0.05) is 25.3 Å². The first-order chi connectivity index (χ1) is 9.50. The summed E-state index contributed by atoms with van der Waals surface area (Å²) >= 11 is 0. The monoisotopic (exact) mass is 278 g/mol. The summed E-state index contributed by atoms with van der Waals surface area (Å²) < 4.78 is 6.81. The van der Waals surface area contributed by atoms with Crippen molar-refractivity contribution in [3.8, 4) is 0 Å². The fourth-order valence-electron chi connectivity index (χ4n) is 2.86.